The van der Waals surface area contributed by atoms with Gasteiger partial charge in [-0.2, -0.15) is 5.10 Å². The molecule has 0 aliphatic carbocycles. The van der Waals surface area contributed by atoms with E-state index in [4.69, 9.17) is 0 Å². The molecule has 4 aromatic rings. The summed E-state index contributed by atoms with van der Waals surface area (Å²) in [6.07, 6.45) is 1.85. The van der Waals surface area contributed by atoms with E-state index in [0.717, 1.165) is 33.9 Å². The summed E-state index contributed by atoms with van der Waals surface area (Å²) in [5.74, 6) is 0.722. The Bertz CT molecular complexity index is 1090. The minimum Gasteiger partial charge on any atom is -0.318 e. The smallest absolute Gasteiger partial charge is 0.224 e. The zero-order valence-electron chi connectivity index (χ0n) is 15.1. The van der Waals surface area contributed by atoms with E-state index in [2.05, 4.69) is 64.3 Å². The second-order valence-corrected chi connectivity index (χ2v) is 6.35. The molecule has 0 amide bonds. The highest BCUT2D eigenvalue weighted by Crippen LogP contribution is 2.20. The molecule has 2 aromatic heterocycles. The minimum absolute atomic E-state index is 0.722. The van der Waals surface area contributed by atoms with E-state index >= 15 is 0 Å². The molecule has 0 aliphatic heterocycles. The Morgan fingerprint density at radius 1 is 1.00 bits per heavy atom. The molecule has 0 unspecified atom stereocenters. The van der Waals surface area contributed by atoms with Crippen molar-refractivity contribution in [3.63, 3.8) is 0 Å². The maximum atomic E-state index is 4.57. The molecule has 5 nitrogen and oxygen atoms in total. The summed E-state index contributed by atoms with van der Waals surface area (Å²) in [7, 11) is 1.98. The van der Waals surface area contributed by atoms with Crippen LogP contribution in [0.15, 0.2) is 65.8 Å². The van der Waals surface area contributed by atoms with E-state index in [-0.39, 0.29) is 0 Å². The van der Waals surface area contributed by atoms with Gasteiger partial charge in [-0.3, -0.25) is 0 Å². The zero-order valence-corrected chi connectivity index (χ0v) is 15.1. The summed E-state index contributed by atoms with van der Waals surface area (Å²) >= 11 is 0. The number of imidazole rings is 1. The fraction of sp³-hybridized carbons (Fsp3) is 0.143. The lowest BCUT2D eigenvalue weighted by Crippen LogP contribution is -2.00. The molecule has 26 heavy (non-hydrogen) atoms. The van der Waals surface area contributed by atoms with Gasteiger partial charge in [0.05, 0.1) is 17.2 Å². The Hall–Kier alpha value is -3.34. The van der Waals surface area contributed by atoms with Gasteiger partial charge >= 0.3 is 0 Å². The highest BCUT2D eigenvalue weighted by molar-refractivity contribution is 5.83. The number of para-hydroxylation sites is 3. The Balaban J connectivity index is 1.60. The van der Waals surface area contributed by atoms with Gasteiger partial charge in [0.2, 0.25) is 5.95 Å². The van der Waals surface area contributed by atoms with Crippen molar-refractivity contribution in [3.8, 4) is 5.69 Å². The molecule has 0 bridgehead atoms. The molecular formula is C21H21N5. The lowest BCUT2D eigenvalue weighted by molar-refractivity contribution is 0.943. The summed E-state index contributed by atoms with van der Waals surface area (Å²) < 4.78 is 4.23. The number of fused-ring (bicyclic) bond motifs is 1. The van der Waals surface area contributed by atoms with E-state index in [9.17, 15) is 0 Å². The molecule has 0 saturated heterocycles. The average Bonchev–Trinajstić information content (AvgIpc) is 3.13. The average molecular weight is 343 g/mol. The van der Waals surface area contributed by atoms with Gasteiger partial charge in [-0.25, -0.2) is 10.4 Å². The van der Waals surface area contributed by atoms with Crippen LogP contribution in [0, 0.1) is 13.8 Å². The van der Waals surface area contributed by atoms with Gasteiger partial charge in [-0.15, -0.1) is 0 Å². The number of rotatable bonds is 4. The first-order chi connectivity index (χ1) is 12.6. The van der Waals surface area contributed by atoms with E-state index in [1.54, 1.807) is 0 Å². The lowest BCUT2D eigenvalue weighted by atomic mass is 10.2. The Labute approximate surface area is 152 Å². The Kier molecular flexibility index (Phi) is 4.05. The molecule has 2 heterocycles. The van der Waals surface area contributed by atoms with E-state index < -0.39 is 0 Å². The van der Waals surface area contributed by atoms with Gasteiger partial charge in [0, 0.05) is 29.7 Å². The van der Waals surface area contributed by atoms with Crippen molar-refractivity contribution in [2.45, 2.75) is 13.8 Å². The van der Waals surface area contributed by atoms with Crippen LogP contribution < -0.4 is 5.43 Å². The zero-order chi connectivity index (χ0) is 18.1. The highest BCUT2D eigenvalue weighted by Gasteiger charge is 2.09. The fourth-order valence-corrected chi connectivity index (χ4v) is 3.30. The number of hydrogen-bond donors (Lipinski definition) is 1. The number of hydrazone groups is 1. The summed E-state index contributed by atoms with van der Waals surface area (Å²) in [6, 6.07) is 20.5. The van der Waals surface area contributed by atoms with Crippen LogP contribution in [-0.4, -0.2) is 20.3 Å². The first-order valence-electron chi connectivity index (χ1n) is 8.60. The van der Waals surface area contributed by atoms with Gasteiger partial charge in [0.25, 0.3) is 0 Å². The summed E-state index contributed by atoms with van der Waals surface area (Å²) in [5.41, 5.74) is 9.66. The molecule has 1 N–H and O–H groups in total. The minimum atomic E-state index is 0.722. The highest BCUT2D eigenvalue weighted by atomic mass is 15.4. The topological polar surface area (TPSA) is 47.1 Å². The number of aryl methyl sites for hydroxylation is 2. The van der Waals surface area contributed by atoms with Crippen LogP contribution in [0.25, 0.3) is 16.7 Å². The third-order valence-corrected chi connectivity index (χ3v) is 4.64. The van der Waals surface area contributed by atoms with Gasteiger partial charge in [0.1, 0.15) is 0 Å². The molecule has 130 valence electrons. The number of nitrogens with zero attached hydrogens (tertiary/aromatic N) is 4. The van der Waals surface area contributed by atoms with Gasteiger partial charge in [0.15, 0.2) is 0 Å². The maximum absolute atomic E-state index is 4.57. The summed E-state index contributed by atoms with van der Waals surface area (Å²) in [4.78, 5) is 4.57. The first kappa shape index (κ1) is 16.1. The predicted octanol–water partition coefficient (Wildman–Crippen LogP) is 4.43. The van der Waals surface area contributed by atoms with Crippen molar-refractivity contribution in [1.29, 1.82) is 0 Å². The third kappa shape index (κ3) is 2.77. The lowest BCUT2D eigenvalue weighted by Gasteiger charge is -2.09. The summed E-state index contributed by atoms with van der Waals surface area (Å²) in [6.45, 7) is 4.21. The quantitative estimate of drug-likeness (QED) is 0.440. The largest absolute Gasteiger partial charge is 0.318 e. The number of aromatic nitrogens is 3. The molecule has 5 heteroatoms. The van der Waals surface area contributed by atoms with Crippen LogP contribution >= 0.6 is 0 Å². The van der Waals surface area contributed by atoms with Gasteiger partial charge < -0.3 is 9.13 Å². The van der Waals surface area contributed by atoms with E-state index in [0.29, 0.717) is 0 Å². The third-order valence-electron chi connectivity index (χ3n) is 4.64. The first-order valence-corrected chi connectivity index (χ1v) is 8.60. The second-order valence-electron chi connectivity index (χ2n) is 6.35. The van der Waals surface area contributed by atoms with Crippen molar-refractivity contribution in [3.05, 3.63) is 77.6 Å². The number of anilines is 1. The van der Waals surface area contributed by atoms with E-state index in [1.807, 2.05) is 48.2 Å². The second kappa shape index (κ2) is 6.52. The molecule has 0 aliphatic rings. The van der Waals surface area contributed by atoms with Crippen molar-refractivity contribution < 1.29 is 0 Å². The van der Waals surface area contributed by atoms with Crippen molar-refractivity contribution in [2.75, 3.05) is 5.43 Å². The normalized spacial score (nSPS) is 11.5. The van der Waals surface area contributed by atoms with Crippen LogP contribution in [0.5, 0.6) is 0 Å². The number of nitrogens with one attached hydrogen (secondary N) is 1. The van der Waals surface area contributed by atoms with Crippen LogP contribution in [-0.2, 0) is 7.05 Å². The van der Waals surface area contributed by atoms with Gasteiger partial charge in [-0.1, -0.05) is 30.3 Å². The SMILES string of the molecule is Cc1cc(/C=N\Nc2nc3ccccc3n2C)c(C)n1-c1ccccc1. The number of hydrogen-bond acceptors (Lipinski definition) is 3. The van der Waals surface area contributed by atoms with Crippen LogP contribution in [0.4, 0.5) is 5.95 Å². The molecule has 0 fully saturated rings. The standard InChI is InChI=1S/C21H21N5/c1-15-13-17(16(2)26(15)18-9-5-4-6-10-18)14-22-24-21-23-19-11-7-8-12-20(19)25(21)3/h4-14H,1-3H3,(H,23,24)/b22-14-. The molecule has 0 spiro atoms. The summed E-state index contributed by atoms with van der Waals surface area (Å²) in [5, 5.41) is 4.41. The monoisotopic (exact) mass is 343 g/mol. The molecular weight excluding hydrogens is 322 g/mol. The van der Waals surface area contributed by atoms with Crippen LogP contribution in [0.3, 0.4) is 0 Å². The van der Waals surface area contributed by atoms with Gasteiger partial charge in [-0.05, 0) is 44.2 Å². The maximum Gasteiger partial charge on any atom is 0.224 e. The fourth-order valence-electron chi connectivity index (χ4n) is 3.30. The van der Waals surface area contributed by atoms with E-state index in [1.165, 1.54) is 5.69 Å². The van der Waals surface area contributed by atoms with Crippen LogP contribution in [0.1, 0.15) is 17.0 Å². The molecule has 0 atom stereocenters. The van der Waals surface area contributed by atoms with Crippen LogP contribution in [0.2, 0.25) is 0 Å². The van der Waals surface area contributed by atoms with Crippen molar-refractivity contribution in [1.82, 2.24) is 14.1 Å². The van der Waals surface area contributed by atoms with Crippen molar-refractivity contribution in [2.24, 2.45) is 12.1 Å². The Morgan fingerprint density at radius 3 is 2.50 bits per heavy atom. The molecule has 0 radical (unpaired) electrons. The molecule has 2 aromatic carbocycles. The number of benzene rings is 2. The Morgan fingerprint density at radius 2 is 1.73 bits per heavy atom. The molecule has 0 saturated carbocycles. The predicted molar refractivity (Wildman–Crippen MR) is 107 cm³/mol. The van der Waals surface area contributed by atoms with Crippen molar-refractivity contribution >= 4 is 23.2 Å². The molecule has 4 rings (SSSR count).